The minimum Gasteiger partial charge on any atom is -0.459 e. The second-order valence-corrected chi connectivity index (χ2v) is 6.78. The maximum absolute atomic E-state index is 12.8. The summed E-state index contributed by atoms with van der Waals surface area (Å²) in [6.45, 7) is 7.13. The number of nitro groups is 1. The number of ether oxygens (including phenoxy) is 1. The lowest BCUT2D eigenvalue weighted by Crippen LogP contribution is -2.46. The molecule has 1 atom stereocenters. The molecule has 8 heteroatoms. The van der Waals surface area contributed by atoms with E-state index >= 15 is 0 Å². The van der Waals surface area contributed by atoms with Crippen molar-refractivity contribution in [3.63, 3.8) is 0 Å². The number of rotatable bonds is 7. The maximum Gasteiger partial charge on any atom is 0.338 e. The van der Waals surface area contributed by atoms with Crippen LogP contribution in [0.25, 0.3) is 0 Å². The number of carbonyl (C=O) groups is 2. The van der Waals surface area contributed by atoms with Crippen LogP contribution in [0.3, 0.4) is 0 Å². The van der Waals surface area contributed by atoms with Gasteiger partial charge in [-0.15, -0.1) is 0 Å². The highest BCUT2D eigenvalue weighted by Gasteiger charge is 2.34. The zero-order chi connectivity index (χ0) is 20.1. The van der Waals surface area contributed by atoms with Crippen molar-refractivity contribution < 1.29 is 19.2 Å². The summed E-state index contributed by atoms with van der Waals surface area (Å²) in [6.07, 6.45) is 1.86. The molecule has 8 nitrogen and oxygen atoms in total. The Morgan fingerprint density at radius 2 is 2.07 bits per heavy atom. The average Bonchev–Trinajstić information content (AvgIpc) is 2.58. The predicted molar refractivity (Wildman–Crippen MR) is 100 cm³/mol. The minimum absolute atomic E-state index is 0.0630. The second-order valence-electron chi connectivity index (χ2n) is 6.78. The third kappa shape index (κ3) is 4.84. The number of unbranched alkanes of at least 4 members (excludes halogenated alkanes) is 1. The first kappa shape index (κ1) is 20.4. The fourth-order valence-electron chi connectivity index (χ4n) is 2.94. The van der Waals surface area contributed by atoms with E-state index in [1.54, 1.807) is 32.9 Å². The third-order valence-corrected chi connectivity index (χ3v) is 4.26. The van der Waals surface area contributed by atoms with E-state index in [2.05, 4.69) is 10.6 Å². The lowest BCUT2D eigenvalue weighted by Gasteiger charge is -2.30. The van der Waals surface area contributed by atoms with E-state index in [4.69, 9.17) is 4.74 Å². The minimum atomic E-state index is -0.809. The van der Waals surface area contributed by atoms with Crippen LogP contribution in [0.1, 0.15) is 57.2 Å². The number of nitrogens with zero attached hydrogens (tertiary/aromatic N) is 1. The number of hydrogen-bond acceptors (Lipinski definition) is 5. The van der Waals surface area contributed by atoms with E-state index in [9.17, 15) is 19.7 Å². The molecule has 1 heterocycles. The van der Waals surface area contributed by atoms with Crippen LogP contribution in [-0.2, 0) is 9.53 Å². The first-order chi connectivity index (χ1) is 12.7. The van der Waals surface area contributed by atoms with Crippen LogP contribution in [0, 0.1) is 17.0 Å². The molecule has 1 aliphatic rings. The third-order valence-electron chi connectivity index (χ3n) is 4.26. The molecule has 0 aliphatic carbocycles. The van der Waals surface area contributed by atoms with E-state index in [0.29, 0.717) is 23.2 Å². The highest BCUT2D eigenvalue weighted by Crippen LogP contribution is 2.32. The average molecular weight is 375 g/mol. The van der Waals surface area contributed by atoms with Crippen molar-refractivity contribution in [1.29, 1.82) is 0 Å². The molecule has 1 aliphatic heterocycles. The Morgan fingerprint density at radius 1 is 1.37 bits per heavy atom. The molecule has 2 amide bonds. The van der Waals surface area contributed by atoms with Crippen molar-refractivity contribution in [2.45, 2.75) is 59.1 Å². The smallest absolute Gasteiger partial charge is 0.338 e. The Bertz CT molecular complexity index is 786. The molecule has 2 N–H and O–H groups in total. The quantitative estimate of drug-likeness (QED) is 0.429. The number of carbonyl (C=O) groups excluding carboxylic acids is 2. The van der Waals surface area contributed by atoms with Gasteiger partial charge in [-0.3, -0.25) is 10.1 Å². The molecule has 0 saturated carbocycles. The maximum atomic E-state index is 12.8. The molecule has 0 bridgehead atoms. The van der Waals surface area contributed by atoms with Crippen molar-refractivity contribution in [1.82, 2.24) is 10.6 Å². The van der Waals surface area contributed by atoms with Crippen molar-refractivity contribution >= 4 is 17.7 Å². The zero-order valence-corrected chi connectivity index (χ0v) is 16.0. The van der Waals surface area contributed by atoms with Gasteiger partial charge in [0.15, 0.2) is 0 Å². The van der Waals surface area contributed by atoms with Crippen LogP contribution in [0.15, 0.2) is 29.5 Å². The van der Waals surface area contributed by atoms with Crippen LogP contribution in [0.5, 0.6) is 0 Å². The molecule has 1 aromatic rings. The summed E-state index contributed by atoms with van der Waals surface area (Å²) in [5.74, 6) is -0.545. The molecule has 146 valence electrons. The molecule has 0 spiro atoms. The van der Waals surface area contributed by atoms with Crippen LogP contribution in [0.4, 0.5) is 10.5 Å². The van der Waals surface area contributed by atoms with Gasteiger partial charge < -0.3 is 15.4 Å². The summed E-state index contributed by atoms with van der Waals surface area (Å²) in [6, 6.07) is 3.43. The Hall–Kier alpha value is -2.90. The SMILES string of the molecule is CCCCC1=C(C(=O)OC(C)C)C(c2ccc(C)c([N+](=O)[O-])c2)NC(=O)N1. The number of hydrogen-bond donors (Lipinski definition) is 2. The number of nitrogens with one attached hydrogen (secondary N) is 2. The number of allylic oxidation sites excluding steroid dienone is 1. The van der Waals surface area contributed by atoms with E-state index in [1.807, 2.05) is 6.92 Å². The molecule has 1 unspecified atom stereocenters. The Balaban J connectivity index is 2.56. The van der Waals surface area contributed by atoms with Gasteiger partial charge in [0.05, 0.1) is 22.6 Å². The lowest BCUT2D eigenvalue weighted by molar-refractivity contribution is -0.385. The van der Waals surface area contributed by atoms with E-state index in [0.717, 1.165) is 12.8 Å². The summed E-state index contributed by atoms with van der Waals surface area (Å²) in [7, 11) is 0. The largest absolute Gasteiger partial charge is 0.459 e. The summed E-state index contributed by atoms with van der Waals surface area (Å²) in [4.78, 5) is 35.7. The normalized spacial score (nSPS) is 16.8. The topological polar surface area (TPSA) is 111 Å². The number of aryl methyl sites for hydroxylation is 1. The Morgan fingerprint density at radius 3 is 2.67 bits per heavy atom. The Labute approximate surface area is 158 Å². The van der Waals surface area contributed by atoms with E-state index < -0.39 is 23.0 Å². The highest BCUT2D eigenvalue weighted by molar-refractivity contribution is 5.95. The molecular weight excluding hydrogens is 350 g/mol. The van der Waals surface area contributed by atoms with Gasteiger partial charge in [0.1, 0.15) is 0 Å². The molecule has 0 aromatic heterocycles. The van der Waals surface area contributed by atoms with Gasteiger partial charge in [-0.05, 0) is 39.2 Å². The first-order valence-electron chi connectivity index (χ1n) is 9.01. The van der Waals surface area contributed by atoms with Gasteiger partial charge in [-0.25, -0.2) is 9.59 Å². The van der Waals surface area contributed by atoms with Crippen LogP contribution in [-0.4, -0.2) is 23.0 Å². The number of amides is 2. The Kier molecular flexibility index (Phi) is 6.55. The van der Waals surface area contributed by atoms with Crippen LogP contribution < -0.4 is 10.6 Å². The molecule has 1 aromatic carbocycles. The number of urea groups is 1. The van der Waals surface area contributed by atoms with Crippen molar-refractivity contribution in [2.75, 3.05) is 0 Å². The number of nitro benzene ring substituents is 1. The van der Waals surface area contributed by atoms with Crippen LogP contribution >= 0.6 is 0 Å². The van der Waals surface area contributed by atoms with Gasteiger partial charge in [-0.1, -0.05) is 25.5 Å². The van der Waals surface area contributed by atoms with Crippen LogP contribution in [0.2, 0.25) is 0 Å². The molecule has 0 saturated heterocycles. The van der Waals surface area contributed by atoms with Gasteiger partial charge >= 0.3 is 12.0 Å². The van der Waals surface area contributed by atoms with Crippen molar-refractivity contribution in [2.24, 2.45) is 0 Å². The summed E-state index contributed by atoms with van der Waals surface area (Å²) in [5.41, 5.74) is 1.69. The fraction of sp³-hybridized carbons (Fsp3) is 0.474. The predicted octanol–water partition coefficient (Wildman–Crippen LogP) is 3.65. The first-order valence-corrected chi connectivity index (χ1v) is 9.01. The zero-order valence-electron chi connectivity index (χ0n) is 16.0. The summed E-state index contributed by atoms with van der Waals surface area (Å²) < 4.78 is 5.37. The van der Waals surface area contributed by atoms with Crippen molar-refractivity contribution in [3.8, 4) is 0 Å². The van der Waals surface area contributed by atoms with Gasteiger partial charge in [0.2, 0.25) is 0 Å². The van der Waals surface area contributed by atoms with Gasteiger partial charge in [0.25, 0.3) is 5.69 Å². The molecular formula is C19H25N3O5. The number of benzene rings is 1. The molecule has 0 fully saturated rings. The number of esters is 1. The van der Waals surface area contributed by atoms with E-state index in [1.165, 1.54) is 6.07 Å². The summed E-state index contributed by atoms with van der Waals surface area (Å²) >= 11 is 0. The standard InChI is InChI=1S/C19H25N3O5/c1-5-6-7-14-16(18(23)27-11(2)3)17(21-19(24)20-14)13-9-8-12(4)15(10-13)22(25)26/h8-11,17H,5-7H2,1-4H3,(H2,20,21,24). The highest BCUT2D eigenvalue weighted by atomic mass is 16.6. The van der Waals surface area contributed by atoms with Gasteiger partial charge in [0, 0.05) is 17.3 Å². The second kappa shape index (κ2) is 8.66. The van der Waals surface area contributed by atoms with Crippen molar-refractivity contribution in [3.05, 3.63) is 50.7 Å². The monoisotopic (exact) mass is 375 g/mol. The fourth-order valence-corrected chi connectivity index (χ4v) is 2.94. The molecule has 27 heavy (non-hydrogen) atoms. The molecule has 2 rings (SSSR count). The summed E-state index contributed by atoms with van der Waals surface area (Å²) in [5, 5.41) is 16.7. The molecule has 0 radical (unpaired) electrons. The van der Waals surface area contributed by atoms with Gasteiger partial charge in [-0.2, -0.15) is 0 Å². The van der Waals surface area contributed by atoms with E-state index in [-0.39, 0.29) is 17.4 Å². The lowest BCUT2D eigenvalue weighted by atomic mass is 9.92.